The van der Waals surface area contributed by atoms with Crippen LogP contribution >= 0.6 is 0 Å². The Kier molecular flexibility index (Phi) is 4.09. The number of hydrogen-bond donors (Lipinski definition) is 1. The first-order valence-electron chi connectivity index (χ1n) is 6.21. The summed E-state index contributed by atoms with van der Waals surface area (Å²) in [5, 5.41) is 0. The van der Waals surface area contributed by atoms with Crippen LogP contribution in [0.2, 0.25) is 0 Å². The fourth-order valence-corrected chi connectivity index (χ4v) is 2.22. The second kappa shape index (κ2) is 5.63. The third-order valence-corrected chi connectivity index (χ3v) is 3.45. The van der Waals surface area contributed by atoms with Crippen molar-refractivity contribution in [3.05, 3.63) is 65.2 Å². The average molecular weight is 280 g/mol. The lowest BCUT2D eigenvalue weighted by Crippen LogP contribution is -2.35. The Labute approximate surface area is 115 Å². The van der Waals surface area contributed by atoms with Crippen LogP contribution in [0.25, 0.3) is 0 Å². The molecule has 0 aliphatic rings. The Morgan fingerprint density at radius 2 is 1.90 bits per heavy atom. The summed E-state index contributed by atoms with van der Waals surface area (Å²) in [6.07, 6.45) is 3.66. The summed E-state index contributed by atoms with van der Waals surface area (Å²) >= 11 is 0. The zero-order valence-corrected chi connectivity index (χ0v) is 11.0. The van der Waals surface area contributed by atoms with Gasteiger partial charge in [0.25, 0.3) is 0 Å². The summed E-state index contributed by atoms with van der Waals surface area (Å²) in [5.41, 5.74) is 5.83. The normalized spacial score (nSPS) is 14.1. The molecule has 1 aromatic heterocycles. The predicted molar refractivity (Wildman–Crippen MR) is 70.7 cm³/mol. The third-order valence-electron chi connectivity index (χ3n) is 3.45. The minimum atomic E-state index is -1.46. The minimum Gasteiger partial charge on any atom is -0.330 e. The van der Waals surface area contributed by atoms with Crippen molar-refractivity contribution in [3.63, 3.8) is 0 Å². The Morgan fingerprint density at radius 1 is 1.15 bits per heavy atom. The lowest BCUT2D eigenvalue weighted by atomic mass is 9.77. The van der Waals surface area contributed by atoms with Gasteiger partial charge in [-0.15, -0.1) is 0 Å². The van der Waals surface area contributed by atoms with Crippen molar-refractivity contribution in [2.45, 2.75) is 18.8 Å². The quantitative estimate of drug-likeness (QED) is 0.874. The molecule has 1 aromatic carbocycles. The van der Waals surface area contributed by atoms with E-state index in [0.29, 0.717) is 6.42 Å². The summed E-state index contributed by atoms with van der Waals surface area (Å²) in [4.78, 5) is 3.98. The van der Waals surface area contributed by atoms with Gasteiger partial charge in [0.15, 0.2) is 17.5 Å². The molecule has 20 heavy (non-hydrogen) atoms. The minimum absolute atomic E-state index is 0.0720. The van der Waals surface area contributed by atoms with Crippen molar-refractivity contribution >= 4 is 0 Å². The summed E-state index contributed by atoms with van der Waals surface area (Å²) in [5.74, 6) is -3.85. The van der Waals surface area contributed by atoms with Gasteiger partial charge in [-0.05, 0) is 29.7 Å². The van der Waals surface area contributed by atoms with Gasteiger partial charge in [-0.2, -0.15) is 0 Å². The smallest absolute Gasteiger partial charge is 0.194 e. The Hall–Kier alpha value is -1.88. The molecule has 1 heterocycles. The Bertz CT molecular complexity index is 602. The molecule has 5 heteroatoms. The molecule has 0 spiro atoms. The van der Waals surface area contributed by atoms with E-state index in [-0.39, 0.29) is 12.1 Å². The molecule has 0 saturated carbocycles. The van der Waals surface area contributed by atoms with Crippen molar-refractivity contribution in [1.29, 1.82) is 0 Å². The van der Waals surface area contributed by atoms with E-state index in [1.54, 1.807) is 25.4 Å². The van der Waals surface area contributed by atoms with Crippen LogP contribution in [0.15, 0.2) is 36.7 Å². The number of pyridine rings is 1. The van der Waals surface area contributed by atoms with E-state index in [4.69, 9.17) is 5.73 Å². The van der Waals surface area contributed by atoms with Crippen molar-refractivity contribution < 1.29 is 13.2 Å². The van der Waals surface area contributed by atoms with Gasteiger partial charge >= 0.3 is 0 Å². The molecule has 2 N–H and O–H groups in total. The fourth-order valence-electron chi connectivity index (χ4n) is 2.22. The summed E-state index contributed by atoms with van der Waals surface area (Å²) in [7, 11) is 0. The number of nitrogens with two attached hydrogens (primary N) is 1. The topological polar surface area (TPSA) is 38.9 Å². The van der Waals surface area contributed by atoms with E-state index in [1.807, 2.05) is 6.07 Å². The van der Waals surface area contributed by atoms with Crippen LogP contribution in [0.3, 0.4) is 0 Å². The van der Waals surface area contributed by atoms with Gasteiger partial charge in [0, 0.05) is 24.4 Å². The Balaban J connectivity index is 2.43. The molecule has 0 bridgehead atoms. The van der Waals surface area contributed by atoms with Gasteiger partial charge in [0.1, 0.15) is 0 Å². The van der Waals surface area contributed by atoms with Crippen molar-refractivity contribution in [2.24, 2.45) is 5.73 Å². The molecule has 2 rings (SSSR count). The van der Waals surface area contributed by atoms with Crippen LogP contribution in [-0.4, -0.2) is 11.5 Å². The number of benzene rings is 1. The molecule has 1 atom stereocenters. The summed E-state index contributed by atoms with van der Waals surface area (Å²) < 4.78 is 40.4. The van der Waals surface area contributed by atoms with Crippen LogP contribution in [0, 0.1) is 17.5 Å². The summed E-state index contributed by atoms with van der Waals surface area (Å²) in [6, 6.07) is 5.76. The molecule has 2 nitrogen and oxygen atoms in total. The first-order valence-corrected chi connectivity index (χ1v) is 6.21. The van der Waals surface area contributed by atoms with E-state index in [1.165, 1.54) is 6.07 Å². The molecule has 0 aliphatic heterocycles. The zero-order chi connectivity index (χ0) is 14.8. The van der Waals surface area contributed by atoms with Crippen molar-refractivity contribution in [2.75, 3.05) is 6.54 Å². The second-order valence-electron chi connectivity index (χ2n) is 5.03. The fraction of sp³-hybridized carbons (Fsp3) is 0.267. The lowest BCUT2D eigenvalue weighted by molar-refractivity contribution is 0.402. The van der Waals surface area contributed by atoms with Crippen LogP contribution in [0.4, 0.5) is 13.2 Å². The Morgan fingerprint density at radius 3 is 2.50 bits per heavy atom. The highest BCUT2D eigenvalue weighted by Gasteiger charge is 2.31. The number of hydrogen-bond acceptors (Lipinski definition) is 2. The number of aromatic nitrogens is 1. The zero-order valence-electron chi connectivity index (χ0n) is 11.0. The van der Waals surface area contributed by atoms with Crippen molar-refractivity contribution in [1.82, 2.24) is 4.98 Å². The van der Waals surface area contributed by atoms with Gasteiger partial charge < -0.3 is 5.73 Å². The van der Waals surface area contributed by atoms with E-state index in [9.17, 15) is 13.2 Å². The highest BCUT2D eigenvalue weighted by atomic mass is 19.2. The maximum Gasteiger partial charge on any atom is 0.194 e. The maximum absolute atomic E-state index is 14.0. The van der Waals surface area contributed by atoms with E-state index in [0.717, 1.165) is 11.6 Å². The molecule has 0 amide bonds. The van der Waals surface area contributed by atoms with Gasteiger partial charge in [-0.25, -0.2) is 13.2 Å². The molecule has 0 aliphatic carbocycles. The summed E-state index contributed by atoms with van der Waals surface area (Å²) in [6.45, 7) is 1.82. The molecule has 1 unspecified atom stereocenters. The predicted octanol–water partition coefficient (Wildman–Crippen LogP) is 2.96. The van der Waals surface area contributed by atoms with Gasteiger partial charge in [-0.3, -0.25) is 4.98 Å². The highest BCUT2D eigenvalue weighted by molar-refractivity contribution is 5.31. The number of halogens is 3. The van der Waals surface area contributed by atoms with Crippen LogP contribution < -0.4 is 5.73 Å². The van der Waals surface area contributed by atoms with Crippen LogP contribution in [0.1, 0.15) is 18.1 Å². The first kappa shape index (κ1) is 14.5. The maximum atomic E-state index is 14.0. The molecule has 106 valence electrons. The third kappa shape index (κ3) is 2.67. The highest BCUT2D eigenvalue weighted by Crippen LogP contribution is 2.31. The van der Waals surface area contributed by atoms with E-state index in [2.05, 4.69) is 4.98 Å². The van der Waals surface area contributed by atoms with Crippen LogP contribution in [-0.2, 0) is 11.8 Å². The first-order chi connectivity index (χ1) is 9.48. The number of rotatable bonds is 4. The van der Waals surface area contributed by atoms with Crippen molar-refractivity contribution in [3.8, 4) is 0 Å². The van der Waals surface area contributed by atoms with Gasteiger partial charge in [0.05, 0.1) is 0 Å². The molecule has 0 radical (unpaired) electrons. The largest absolute Gasteiger partial charge is 0.330 e. The SMILES string of the molecule is CC(CN)(Cc1cccnc1)c1ccc(F)c(F)c1F. The van der Waals surface area contributed by atoms with E-state index < -0.39 is 22.9 Å². The molecule has 0 fully saturated rings. The average Bonchev–Trinajstić information content (AvgIpc) is 2.45. The lowest BCUT2D eigenvalue weighted by Gasteiger charge is -2.29. The standard InChI is InChI=1S/C15H15F3N2/c1-15(9-19,7-10-3-2-6-20-8-10)11-4-5-12(16)14(18)13(11)17/h2-6,8H,7,9,19H2,1H3. The molecular formula is C15H15F3N2. The van der Waals surface area contributed by atoms with Crippen LogP contribution in [0.5, 0.6) is 0 Å². The molecule has 0 saturated heterocycles. The number of nitrogens with zero attached hydrogens (tertiary/aromatic N) is 1. The van der Waals surface area contributed by atoms with Gasteiger partial charge in [-0.1, -0.05) is 19.1 Å². The monoisotopic (exact) mass is 280 g/mol. The van der Waals surface area contributed by atoms with E-state index >= 15 is 0 Å². The second-order valence-corrected chi connectivity index (χ2v) is 5.03. The molecule has 2 aromatic rings. The van der Waals surface area contributed by atoms with Gasteiger partial charge in [0.2, 0.25) is 0 Å². The molecular weight excluding hydrogens is 265 g/mol.